The molecular formula is C36H32N2O4. The van der Waals surface area contributed by atoms with Crippen molar-refractivity contribution in [1.29, 1.82) is 0 Å². The second kappa shape index (κ2) is 11.8. The van der Waals surface area contributed by atoms with Crippen molar-refractivity contribution in [2.45, 2.75) is 26.7 Å². The van der Waals surface area contributed by atoms with E-state index in [1.54, 1.807) is 14.2 Å². The van der Waals surface area contributed by atoms with Crippen LogP contribution in [-0.2, 0) is 12.8 Å². The van der Waals surface area contributed by atoms with E-state index in [2.05, 4.69) is 38.1 Å². The average Bonchev–Trinajstić information content (AvgIpc) is 3.06. The summed E-state index contributed by atoms with van der Waals surface area (Å²) >= 11 is 0. The van der Waals surface area contributed by atoms with E-state index in [1.165, 1.54) is 11.1 Å². The Hall–Kier alpha value is -5.10. The lowest BCUT2D eigenvalue weighted by atomic mass is 10.1. The van der Waals surface area contributed by atoms with Crippen LogP contribution in [0.15, 0.2) is 116 Å². The van der Waals surface area contributed by atoms with E-state index in [0.29, 0.717) is 11.5 Å². The quantitative estimate of drug-likeness (QED) is 0.186. The van der Waals surface area contributed by atoms with E-state index in [1.807, 2.05) is 72.8 Å². The van der Waals surface area contributed by atoms with Crippen LogP contribution in [0.4, 0.5) is 0 Å². The number of ether oxygens (including phenoxy) is 2. The van der Waals surface area contributed by atoms with Crippen LogP contribution in [0.5, 0.6) is 11.5 Å². The molecule has 6 heteroatoms. The minimum absolute atomic E-state index is 0.698. The second-order valence-corrected chi connectivity index (χ2v) is 10.0. The zero-order valence-corrected chi connectivity index (χ0v) is 24.2. The molecule has 0 spiro atoms. The van der Waals surface area contributed by atoms with Crippen molar-refractivity contribution in [2.75, 3.05) is 14.2 Å². The Morgan fingerprint density at radius 3 is 1.29 bits per heavy atom. The van der Waals surface area contributed by atoms with E-state index in [-0.39, 0.29) is 0 Å². The van der Waals surface area contributed by atoms with Crippen molar-refractivity contribution >= 4 is 21.9 Å². The highest BCUT2D eigenvalue weighted by molar-refractivity contribution is 5.80. The molecule has 42 heavy (non-hydrogen) atoms. The van der Waals surface area contributed by atoms with Gasteiger partial charge in [-0.25, -0.2) is 0 Å². The van der Waals surface area contributed by atoms with Crippen molar-refractivity contribution in [3.63, 3.8) is 0 Å². The van der Waals surface area contributed by atoms with Crippen LogP contribution < -0.4 is 20.2 Å². The molecule has 0 bridgehead atoms. The minimum atomic E-state index is 0.698. The van der Waals surface area contributed by atoms with Gasteiger partial charge in [0, 0.05) is 34.0 Å². The molecule has 0 N–H and O–H groups in total. The maximum atomic E-state index is 6.34. The summed E-state index contributed by atoms with van der Waals surface area (Å²) in [5.41, 5.74) is 5.73. The zero-order chi connectivity index (χ0) is 29.1. The minimum Gasteiger partial charge on any atom is -0.497 e. The van der Waals surface area contributed by atoms with E-state index >= 15 is 0 Å². The van der Waals surface area contributed by atoms with Gasteiger partial charge in [0.05, 0.1) is 14.2 Å². The third-order valence-electron chi connectivity index (χ3n) is 7.45. The summed E-state index contributed by atoms with van der Waals surface area (Å²) in [6, 6.07) is 31.9. The largest absolute Gasteiger partial charge is 0.497 e. The molecule has 0 unspecified atom stereocenters. The molecule has 0 saturated heterocycles. The molecule has 0 saturated carbocycles. The molecule has 0 atom stereocenters. The predicted octanol–water partition coefficient (Wildman–Crippen LogP) is 8.07. The normalized spacial score (nSPS) is 12.3. The first kappa shape index (κ1) is 27.1. The Morgan fingerprint density at radius 1 is 0.524 bits per heavy atom. The summed E-state index contributed by atoms with van der Waals surface area (Å²) in [5, 5.41) is 13.0. The number of hydrogen-bond acceptors (Lipinski definition) is 6. The zero-order valence-electron chi connectivity index (χ0n) is 24.2. The first-order valence-corrected chi connectivity index (χ1v) is 14.1. The van der Waals surface area contributed by atoms with Crippen LogP contribution in [0.25, 0.3) is 44.6 Å². The van der Waals surface area contributed by atoms with E-state index in [4.69, 9.17) is 28.5 Å². The summed E-state index contributed by atoms with van der Waals surface area (Å²) < 4.78 is 23.4. The van der Waals surface area contributed by atoms with Gasteiger partial charge in [0.25, 0.3) is 0 Å². The monoisotopic (exact) mass is 556 g/mol. The number of methoxy groups -OCH3 is 2. The molecule has 6 rings (SSSR count). The van der Waals surface area contributed by atoms with Crippen molar-refractivity contribution in [1.82, 2.24) is 0 Å². The van der Waals surface area contributed by atoms with Gasteiger partial charge >= 0.3 is 0 Å². The van der Waals surface area contributed by atoms with Gasteiger partial charge in [-0.15, -0.1) is 10.2 Å². The van der Waals surface area contributed by atoms with Crippen LogP contribution in [0, 0.1) is 0 Å². The number of fused-ring (bicyclic) bond motifs is 2. The Balaban J connectivity index is 1.60. The van der Waals surface area contributed by atoms with E-state index < -0.39 is 0 Å². The first-order valence-electron chi connectivity index (χ1n) is 14.1. The fourth-order valence-corrected chi connectivity index (χ4v) is 4.94. The number of benzene rings is 4. The van der Waals surface area contributed by atoms with Gasteiger partial charge in [0.1, 0.15) is 44.9 Å². The molecular weight excluding hydrogens is 524 g/mol. The predicted molar refractivity (Wildman–Crippen MR) is 166 cm³/mol. The third-order valence-corrected chi connectivity index (χ3v) is 7.45. The van der Waals surface area contributed by atoms with Crippen molar-refractivity contribution < 1.29 is 18.3 Å². The van der Waals surface area contributed by atoms with Crippen molar-refractivity contribution in [3.8, 4) is 34.1 Å². The molecule has 2 heterocycles. The second-order valence-electron chi connectivity index (χ2n) is 10.0. The molecule has 0 aliphatic heterocycles. The Morgan fingerprint density at radius 2 is 0.929 bits per heavy atom. The summed E-state index contributed by atoms with van der Waals surface area (Å²) in [7, 11) is 3.31. The molecule has 6 nitrogen and oxygen atoms in total. The molecule has 0 amide bonds. The smallest absolute Gasteiger partial charge is 0.136 e. The molecule has 0 fully saturated rings. The van der Waals surface area contributed by atoms with E-state index in [0.717, 1.165) is 68.1 Å². The summed E-state index contributed by atoms with van der Waals surface area (Å²) in [6.07, 6.45) is 1.81. The van der Waals surface area contributed by atoms with Crippen molar-refractivity contribution in [3.05, 3.63) is 119 Å². The highest BCUT2D eigenvalue weighted by Gasteiger charge is 2.10. The molecule has 0 aliphatic carbocycles. The van der Waals surface area contributed by atoms with Gasteiger partial charge in [-0.05, 0) is 96.8 Å². The molecule has 4 aromatic carbocycles. The standard InChI is InChI=1S/C36H32N2O4/c1-5-23-7-17-33-29(19-23)31(21-35(41-33)25-9-13-27(39-3)14-10-25)37-38-32-22-36(26-11-15-28(40-4)16-12-26)42-34-18-8-24(6-2)20-30(32)34/h7-22H,5-6H2,1-4H3. The third kappa shape index (κ3) is 5.44. The number of rotatable bonds is 7. The van der Waals surface area contributed by atoms with E-state index in [9.17, 15) is 0 Å². The lowest BCUT2D eigenvalue weighted by Gasteiger charge is -2.07. The number of nitrogens with zero attached hydrogens (tertiary/aromatic N) is 2. The Labute approximate surface area is 244 Å². The van der Waals surface area contributed by atoms with Gasteiger partial charge < -0.3 is 18.3 Å². The van der Waals surface area contributed by atoms with Crippen molar-refractivity contribution in [2.24, 2.45) is 10.2 Å². The van der Waals surface area contributed by atoms with Crippen LogP contribution in [0.2, 0.25) is 0 Å². The molecule has 0 aliphatic rings. The first-order chi connectivity index (χ1) is 20.6. The van der Waals surface area contributed by atoms with Gasteiger partial charge in [-0.2, -0.15) is 0 Å². The van der Waals surface area contributed by atoms with Crippen LogP contribution in [0.3, 0.4) is 0 Å². The van der Waals surface area contributed by atoms with Gasteiger partial charge in [-0.3, -0.25) is 0 Å². The fraction of sp³-hybridized carbons (Fsp3) is 0.167. The summed E-state index contributed by atoms with van der Waals surface area (Å²) in [6.45, 7) is 4.27. The molecule has 6 aromatic rings. The Bertz CT molecular complexity index is 1870. The maximum Gasteiger partial charge on any atom is 0.136 e. The maximum absolute atomic E-state index is 6.34. The highest BCUT2D eigenvalue weighted by atomic mass is 16.5. The average molecular weight is 557 g/mol. The SMILES string of the molecule is CCc1ccc2oc(-c3ccc(OC)cc3)cc(=NN=c3cc(-c4ccc(OC)cc4)oc4ccc(CC)cc34)c2c1. The van der Waals surface area contributed by atoms with Gasteiger partial charge in [0.2, 0.25) is 0 Å². The van der Waals surface area contributed by atoms with Gasteiger partial charge in [-0.1, -0.05) is 26.0 Å². The lowest BCUT2D eigenvalue weighted by molar-refractivity contribution is 0.414. The van der Waals surface area contributed by atoms with Gasteiger partial charge in [0.15, 0.2) is 0 Å². The van der Waals surface area contributed by atoms with Crippen LogP contribution in [-0.4, -0.2) is 14.2 Å². The number of aryl methyl sites for hydroxylation is 2. The highest BCUT2D eigenvalue weighted by Crippen LogP contribution is 2.27. The van der Waals surface area contributed by atoms with Crippen LogP contribution >= 0.6 is 0 Å². The number of hydrogen-bond donors (Lipinski definition) is 0. The fourth-order valence-electron chi connectivity index (χ4n) is 4.94. The molecule has 0 radical (unpaired) electrons. The Kier molecular flexibility index (Phi) is 7.60. The topological polar surface area (TPSA) is 69.5 Å². The van der Waals surface area contributed by atoms with Crippen LogP contribution in [0.1, 0.15) is 25.0 Å². The summed E-state index contributed by atoms with van der Waals surface area (Å²) in [4.78, 5) is 0. The lowest BCUT2D eigenvalue weighted by Crippen LogP contribution is -2.08. The summed E-state index contributed by atoms with van der Waals surface area (Å²) in [5.74, 6) is 2.96. The molecule has 2 aromatic heterocycles. The molecule has 210 valence electrons.